The minimum atomic E-state index is -0.431. The highest BCUT2D eigenvalue weighted by Crippen LogP contribution is 2.61. The summed E-state index contributed by atoms with van der Waals surface area (Å²) in [5.41, 5.74) is 5.13. The molecule has 0 radical (unpaired) electrons. The molecular weight excluding hydrogens is 387 g/mol. The molecule has 5 nitrogen and oxygen atoms in total. The van der Waals surface area contributed by atoms with Gasteiger partial charge in [0.25, 0.3) is 5.91 Å². The molecule has 0 atom stereocenters. The number of benzene rings is 1. The van der Waals surface area contributed by atoms with Gasteiger partial charge >= 0.3 is 0 Å². The first-order valence-electron chi connectivity index (χ1n) is 9.56. The van der Waals surface area contributed by atoms with Crippen molar-refractivity contribution in [1.29, 1.82) is 0 Å². The second-order valence-electron chi connectivity index (χ2n) is 8.55. The summed E-state index contributed by atoms with van der Waals surface area (Å²) in [6, 6.07) is 4.78. The summed E-state index contributed by atoms with van der Waals surface area (Å²) < 4.78 is 5.37. The molecule has 4 fully saturated rings. The van der Waals surface area contributed by atoms with Crippen molar-refractivity contribution in [3.8, 4) is 5.75 Å². The third-order valence-electron chi connectivity index (χ3n) is 6.29. The van der Waals surface area contributed by atoms with Crippen molar-refractivity contribution in [2.24, 2.45) is 23.2 Å². The van der Waals surface area contributed by atoms with Crippen LogP contribution in [0.1, 0.15) is 44.9 Å². The first kappa shape index (κ1) is 18.9. The van der Waals surface area contributed by atoms with E-state index in [1.54, 1.807) is 18.2 Å². The minimum absolute atomic E-state index is 0.116. The van der Waals surface area contributed by atoms with Crippen LogP contribution in [0.3, 0.4) is 0 Å². The topological polar surface area (TPSA) is 67.4 Å². The number of amides is 2. The van der Waals surface area contributed by atoms with Gasteiger partial charge in [0.15, 0.2) is 6.61 Å². The van der Waals surface area contributed by atoms with Gasteiger partial charge in [-0.3, -0.25) is 20.4 Å². The average Bonchev–Trinajstić information content (AvgIpc) is 2.57. The molecule has 4 aliphatic rings. The highest BCUT2D eigenvalue weighted by molar-refractivity contribution is 6.35. The van der Waals surface area contributed by atoms with Crippen molar-refractivity contribution in [1.82, 2.24) is 10.9 Å². The Morgan fingerprint density at radius 3 is 2.19 bits per heavy atom. The maximum atomic E-state index is 12.4. The van der Waals surface area contributed by atoms with Crippen molar-refractivity contribution in [3.63, 3.8) is 0 Å². The Balaban J connectivity index is 1.23. The number of hydrogen-bond acceptors (Lipinski definition) is 3. The third kappa shape index (κ3) is 4.35. The van der Waals surface area contributed by atoms with E-state index in [2.05, 4.69) is 10.9 Å². The normalized spacial score (nSPS) is 30.8. The van der Waals surface area contributed by atoms with E-state index in [1.165, 1.54) is 38.5 Å². The number of ether oxygens (including phenoxy) is 1. The van der Waals surface area contributed by atoms with Crippen LogP contribution in [0.25, 0.3) is 0 Å². The van der Waals surface area contributed by atoms with Crippen LogP contribution in [0, 0.1) is 23.2 Å². The summed E-state index contributed by atoms with van der Waals surface area (Å²) in [6.07, 6.45) is 8.04. The average molecular weight is 411 g/mol. The summed E-state index contributed by atoms with van der Waals surface area (Å²) in [7, 11) is 0. The van der Waals surface area contributed by atoms with E-state index in [4.69, 9.17) is 27.9 Å². The lowest BCUT2D eigenvalue weighted by atomic mass is 9.49. The van der Waals surface area contributed by atoms with Gasteiger partial charge in [-0.1, -0.05) is 23.2 Å². The highest BCUT2D eigenvalue weighted by atomic mass is 35.5. The monoisotopic (exact) mass is 410 g/mol. The number of nitrogens with one attached hydrogen (secondary N) is 2. The summed E-state index contributed by atoms with van der Waals surface area (Å²) in [4.78, 5) is 24.3. The molecule has 1 aromatic rings. The molecule has 4 saturated carbocycles. The summed E-state index contributed by atoms with van der Waals surface area (Å²) in [5, 5.41) is 0.829. The Hall–Kier alpha value is -1.46. The molecule has 0 unspecified atom stereocenters. The predicted molar refractivity (Wildman–Crippen MR) is 103 cm³/mol. The summed E-state index contributed by atoms with van der Waals surface area (Å²) in [5.74, 6) is 2.23. The molecular formula is C20H24Cl2N2O3. The van der Waals surface area contributed by atoms with Crippen molar-refractivity contribution in [3.05, 3.63) is 28.2 Å². The maximum Gasteiger partial charge on any atom is 0.276 e. The molecule has 0 aromatic heterocycles. The van der Waals surface area contributed by atoms with E-state index in [0.29, 0.717) is 22.2 Å². The second-order valence-corrected chi connectivity index (χ2v) is 9.40. The van der Waals surface area contributed by atoms with Crippen molar-refractivity contribution < 1.29 is 14.3 Å². The van der Waals surface area contributed by atoms with E-state index >= 15 is 0 Å². The predicted octanol–water partition coefficient (Wildman–Crippen LogP) is 4.13. The first-order chi connectivity index (χ1) is 12.9. The van der Waals surface area contributed by atoms with E-state index in [9.17, 15) is 9.59 Å². The zero-order chi connectivity index (χ0) is 19.0. The Kier molecular flexibility index (Phi) is 5.26. The van der Waals surface area contributed by atoms with Gasteiger partial charge in [0.1, 0.15) is 5.75 Å². The van der Waals surface area contributed by atoms with Gasteiger partial charge in [0, 0.05) is 11.4 Å². The van der Waals surface area contributed by atoms with Gasteiger partial charge in [-0.15, -0.1) is 0 Å². The number of hydrogen-bond donors (Lipinski definition) is 2. The molecule has 4 bridgehead atoms. The maximum absolute atomic E-state index is 12.4. The van der Waals surface area contributed by atoms with Crippen LogP contribution in [0.4, 0.5) is 0 Å². The lowest BCUT2D eigenvalue weighted by Gasteiger charge is -2.56. The van der Waals surface area contributed by atoms with Gasteiger partial charge in [0.05, 0.1) is 5.02 Å². The summed E-state index contributed by atoms with van der Waals surface area (Å²) >= 11 is 11.8. The van der Waals surface area contributed by atoms with Crippen LogP contribution < -0.4 is 15.6 Å². The third-order valence-corrected chi connectivity index (χ3v) is 6.83. The van der Waals surface area contributed by atoms with E-state index in [1.807, 2.05) is 0 Å². The largest absolute Gasteiger partial charge is 0.482 e. The fourth-order valence-corrected chi connectivity index (χ4v) is 6.27. The van der Waals surface area contributed by atoms with E-state index in [0.717, 1.165) is 17.8 Å². The molecule has 27 heavy (non-hydrogen) atoms. The van der Waals surface area contributed by atoms with Crippen LogP contribution in [0.5, 0.6) is 5.75 Å². The Morgan fingerprint density at radius 2 is 1.59 bits per heavy atom. The smallest absolute Gasteiger partial charge is 0.276 e. The molecule has 0 spiro atoms. The molecule has 5 rings (SSSR count). The van der Waals surface area contributed by atoms with Crippen molar-refractivity contribution in [2.75, 3.05) is 6.61 Å². The molecule has 7 heteroatoms. The highest BCUT2D eigenvalue weighted by Gasteiger charge is 2.51. The molecule has 2 N–H and O–H groups in total. The van der Waals surface area contributed by atoms with E-state index < -0.39 is 5.91 Å². The van der Waals surface area contributed by atoms with Crippen LogP contribution in [-0.4, -0.2) is 18.4 Å². The zero-order valence-electron chi connectivity index (χ0n) is 15.1. The summed E-state index contributed by atoms with van der Waals surface area (Å²) in [6.45, 7) is -0.237. The van der Waals surface area contributed by atoms with Gasteiger partial charge in [0.2, 0.25) is 5.91 Å². The molecule has 2 amide bonds. The van der Waals surface area contributed by atoms with Gasteiger partial charge in [-0.2, -0.15) is 0 Å². The van der Waals surface area contributed by atoms with Crippen LogP contribution in [0.2, 0.25) is 10.0 Å². The van der Waals surface area contributed by atoms with Gasteiger partial charge < -0.3 is 4.74 Å². The van der Waals surface area contributed by atoms with Crippen LogP contribution in [0.15, 0.2) is 18.2 Å². The lowest BCUT2D eigenvalue weighted by molar-refractivity contribution is -0.134. The molecule has 0 aliphatic heterocycles. The molecule has 0 heterocycles. The number of carbonyl (C=O) groups is 2. The second kappa shape index (κ2) is 7.51. The number of rotatable bonds is 5. The Labute approximate surface area is 169 Å². The number of halogens is 2. The standard InChI is InChI=1S/C20H24Cl2N2O3/c21-15-1-2-17(16(22)6-15)27-11-19(26)24-23-18(25)10-20-7-12-3-13(8-20)5-14(4-12)9-20/h1-2,6,12-14H,3-5,7-11H2,(H,23,25)(H,24,26). The van der Waals surface area contributed by atoms with Crippen molar-refractivity contribution >= 4 is 35.0 Å². The lowest BCUT2D eigenvalue weighted by Crippen LogP contribution is -2.50. The Bertz CT molecular complexity index is 717. The SMILES string of the molecule is O=C(COc1ccc(Cl)cc1Cl)NNC(=O)CC12CC3CC(CC(C3)C1)C2. The molecule has 4 aliphatic carbocycles. The van der Waals surface area contributed by atoms with E-state index in [-0.39, 0.29) is 17.9 Å². The minimum Gasteiger partial charge on any atom is -0.482 e. The first-order valence-corrected chi connectivity index (χ1v) is 10.3. The fourth-order valence-electron chi connectivity index (χ4n) is 5.80. The quantitative estimate of drug-likeness (QED) is 0.717. The molecule has 0 saturated heterocycles. The van der Waals surface area contributed by atoms with Gasteiger partial charge in [-0.05, 0) is 79.9 Å². The van der Waals surface area contributed by atoms with Crippen LogP contribution in [-0.2, 0) is 9.59 Å². The Morgan fingerprint density at radius 1 is 1.00 bits per heavy atom. The van der Waals surface area contributed by atoms with Crippen molar-refractivity contribution in [2.45, 2.75) is 44.9 Å². The number of hydrazine groups is 1. The number of carbonyl (C=O) groups excluding carboxylic acids is 2. The fraction of sp³-hybridized carbons (Fsp3) is 0.600. The zero-order valence-corrected chi connectivity index (χ0v) is 16.6. The van der Waals surface area contributed by atoms with Gasteiger partial charge in [-0.25, -0.2) is 0 Å². The molecule has 146 valence electrons. The van der Waals surface area contributed by atoms with Crippen LogP contribution >= 0.6 is 23.2 Å². The molecule has 1 aromatic carbocycles.